The Labute approximate surface area is 82.2 Å². The summed E-state index contributed by atoms with van der Waals surface area (Å²) < 4.78 is 9.58. The molecule has 14 heavy (non-hydrogen) atoms. The molecule has 0 atom stereocenters. The maximum Gasteiger partial charge on any atom is 0.345 e. The number of rotatable bonds is 4. The van der Waals surface area contributed by atoms with E-state index in [1.807, 2.05) is 6.92 Å². The first-order valence-electron chi connectivity index (χ1n) is 4.61. The topological polar surface area (TPSA) is 78.4 Å². The Morgan fingerprint density at radius 1 is 1.57 bits per heavy atom. The monoisotopic (exact) mass is 198 g/mol. The van der Waals surface area contributed by atoms with E-state index >= 15 is 0 Å². The normalized spacial score (nSPS) is 10.1. The second kappa shape index (κ2) is 4.64. The van der Waals surface area contributed by atoms with Crippen LogP contribution in [0, 0.1) is 0 Å². The number of hydrogen-bond acceptors (Lipinski definition) is 5. The van der Waals surface area contributed by atoms with Gasteiger partial charge in [0.1, 0.15) is 11.3 Å². The number of carbonyl (C=O) groups excluding carboxylic acids is 1. The summed E-state index contributed by atoms with van der Waals surface area (Å²) >= 11 is 0. The van der Waals surface area contributed by atoms with Crippen LogP contribution in [-0.4, -0.2) is 17.7 Å². The summed E-state index contributed by atoms with van der Waals surface area (Å²) in [6.45, 7) is 4.04. The zero-order valence-corrected chi connectivity index (χ0v) is 8.37. The number of anilines is 1. The third-order valence-corrected chi connectivity index (χ3v) is 1.76. The van der Waals surface area contributed by atoms with E-state index in [-0.39, 0.29) is 11.4 Å². The zero-order valence-electron chi connectivity index (χ0n) is 8.37. The lowest BCUT2D eigenvalue weighted by atomic mass is 10.1. The van der Waals surface area contributed by atoms with E-state index in [9.17, 15) is 4.79 Å². The average Bonchev–Trinajstić information content (AvgIpc) is 2.48. The van der Waals surface area contributed by atoms with Crippen molar-refractivity contribution in [2.75, 3.05) is 12.3 Å². The van der Waals surface area contributed by atoms with Crippen molar-refractivity contribution in [2.24, 2.45) is 0 Å². The number of nitrogens with zero attached hydrogens (tertiary/aromatic N) is 1. The highest BCUT2D eigenvalue weighted by Gasteiger charge is 2.21. The molecule has 0 aliphatic rings. The van der Waals surface area contributed by atoms with Gasteiger partial charge in [0, 0.05) is 0 Å². The smallest absolute Gasteiger partial charge is 0.345 e. The Morgan fingerprint density at radius 2 is 2.29 bits per heavy atom. The van der Waals surface area contributed by atoms with Gasteiger partial charge in [-0.3, -0.25) is 0 Å². The Kier molecular flexibility index (Phi) is 3.50. The van der Waals surface area contributed by atoms with Gasteiger partial charge in [-0.1, -0.05) is 18.5 Å². The van der Waals surface area contributed by atoms with Crippen molar-refractivity contribution in [1.82, 2.24) is 5.16 Å². The van der Waals surface area contributed by atoms with Crippen LogP contribution in [0.2, 0.25) is 0 Å². The number of hydrogen-bond donors (Lipinski definition) is 1. The number of nitrogen functional groups attached to an aromatic ring is 1. The fourth-order valence-electron chi connectivity index (χ4n) is 1.17. The molecule has 5 nitrogen and oxygen atoms in total. The molecule has 0 spiro atoms. The van der Waals surface area contributed by atoms with Crippen LogP contribution >= 0.6 is 0 Å². The quantitative estimate of drug-likeness (QED) is 0.739. The van der Waals surface area contributed by atoms with E-state index in [1.54, 1.807) is 6.92 Å². The molecule has 0 radical (unpaired) electrons. The first-order valence-corrected chi connectivity index (χ1v) is 4.61. The summed E-state index contributed by atoms with van der Waals surface area (Å²) in [5, 5.41) is 3.71. The highest BCUT2D eigenvalue weighted by Crippen LogP contribution is 2.18. The van der Waals surface area contributed by atoms with Crippen LogP contribution < -0.4 is 5.73 Å². The lowest BCUT2D eigenvalue weighted by Gasteiger charge is -2.00. The lowest BCUT2D eigenvalue weighted by molar-refractivity contribution is 0.0526. The third kappa shape index (κ3) is 2.04. The number of esters is 1. The van der Waals surface area contributed by atoms with Crippen molar-refractivity contribution in [3.05, 3.63) is 11.3 Å². The molecular weight excluding hydrogens is 184 g/mol. The second-order valence-corrected chi connectivity index (χ2v) is 2.84. The molecule has 5 heteroatoms. The van der Waals surface area contributed by atoms with Gasteiger partial charge in [0.15, 0.2) is 0 Å². The van der Waals surface area contributed by atoms with Gasteiger partial charge in [0.25, 0.3) is 0 Å². The molecule has 0 bridgehead atoms. The summed E-state index contributed by atoms with van der Waals surface area (Å²) in [6.07, 6.45) is 1.53. The molecule has 0 saturated heterocycles. The third-order valence-electron chi connectivity index (χ3n) is 1.76. The number of nitrogens with two attached hydrogens (primary N) is 1. The standard InChI is InChI=1S/C9H14N2O3/c1-3-5-6-7(8(10)14-11-6)9(12)13-4-2/h3-5,10H2,1-2H3. The molecular formula is C9H14N2O3. The number of aryl methyl sites for hydroxylation is 1. The van der Waals surface area contributed by atoms with Crippen molar-refractivity contribution in [1.29, 1.82) is 0 Å². The zero-order chi connectivity index (χ0) is 10.6. The SMILES string of the molecule is CCCc1noc(N)c1C(=O)OCC. The van der Waals surface area contributed by atoms with Gasteiger partial charge in [-0.15, -0.1) is 0 Å². The highest BCUT2D eigenvalue weighted by molar-refractivity contribution is 5.94. The fourth-order valence-corrected chi connectivity index (χ4v) is 1.17. The highest BCUT2D eigenvalue weighted by atomic mass is 16.5. The molecule has 1 aromatic rings. The molecule has 78 valence electrons. The Balaban J connectivity index is 2.92. The van der Waals surface area contributed by atoms with Gasteiger partial charge in [-0.2, -0.15) is 0 Å². The van der Waals surface area contributed by atoms with Crippen LogP contribution in [-0.2, 0) is 11.2 Å². The summed E-state index contributed by atoms with van der Waals surface area (Å²) in [7, 11) is 0. The van der Waals surface area contributed by atoms with Crippen molar-refractivity contribution in [3.8, 4) is 0 Å². The molecule has 0 aliphatic heterocycles. The van der Waals surface area contributed by atoms with Crippen LogP contribution in [0.5, 0.6) is 0 Å². The van der Waals surface area contributed by atoms with E-state index in [0.717, 1.165) is 6.42 Å². The van der Waals surface area contributed by atoms with Gasteiger partial charge in [0.05, 0.1) is 6.61 Å². The minimum absolute atomic E-state index is 0.0342. The minimum atomic E-state index is -0.463. The Morgan fingerprint density at radius 3 is 2.86 bits per heavy atom. The first-order chi connectivity index (χ1) is 6.70. The Hall–Kier alpha value is -1.52. The molecule has 0 unspecified atom stereocenters. The molecule has 2 N–H and O–H groups in total. The molecule has 1 aromatic heterocycles. The van der Waals surface area contributed by atoms with E-state index < -0.39 is 5.97 Å². The van der Waals surface area contributed by atoms with Crippen LogP contribution in [0.3, 0.4) is 0 Å². The average molecular weight is 198 g/mol. The van der Waals surface area contributed by atoms with Crippen molar-refractivity contribution < 1.29 is 14.1 Å². The molecule has 1 rings (SSSR count). The lowest BCUT2D eigenvalue weighted by Crippen LogP contribution is -2.08. The second-order valence-electron chi connectivity index (χ2n) is 2.84. The Bertz CT molecular complexity index is 320. The number of ether oxygens (including phenoxy) is 1. The van der Waals surface area contributed by atoms with Gasteiger partial charge in [-0.25, -0.2) is 4.79 Å². The molecule has 0 aliphatic carbocycles. The van der Waals surface area contributed by atoms with Crippen molar-refractivity contribution in [2.45, 2.75) is 26.7 Å². The van der Waals surface area contributed by atoms with E-state index in [1.165, 1.54) is 0 Å². The summed E-state index contributed by atoms with van der Waals surface area (Å²) in [6, 6.07) is 0. The van der Waals surface area contributed by atoms with Crippen LogP contribution in [0.15, 0.2) is 4.52 Å². The summed E-state index contributed by atoms with van der Waals surface area (Å²) in [5.41, 5.74) is 6.32. The molecule has 0 saturated carbocycles. The first kappa shape index (κ1) is 10.6. The molecule has 0 amide bonds. The van der Waals surface area contributed by atoms with Crippen LogP contribution in [0.1, 0.15) is 36.3 Å². The van der Waals surface area contributed by atoms with E-state index in [4.69, 9.17) is 15.0 Å². The van der Waals surface area contributed by atoms with Crippen molar-refractivity contribution >= 4 is 11.9 Å². The van der Waals surface area contributed by atoms with E-state index in [0.29, 0.717) is 18.7 Å². The van der Waals surface area contributed by atoms with E-state index in [2.05, 4.69) is 5.16 Å². The predicted molar refractivity (Wildman–Crippen MR) is 50.9 cm³/mol. The summed E-state index contributed by atoms with van der Waals surface area (Å²) in [4.78, 5) is 11.4. The van der Waals surface area contributed by atoms with Gasteiger partial charge >= 0.3 is 5.97 Å². The summed E-state index contributed by atoms with van der Waals surface area (Å²) in [5.74, 6) is -0.429. The minimum Gasteiger partial charge on any atom is -0.462 e. The van der Waals surface area contributed by atoms with Gasteiger partial charge in [-0.05, 0) is 13.3 Å². The molecule has 0 aromatic carbocycles. The number of aromatic nitrogens is 1. The predicted octanol–water partition coefficient (Wildman–Crippen LogP) is 1.39. The largest absolute Gasteiger partial charge is 0.462 e. The maximum absolute atomic E-state index is 11.4. The van der Waals surface area contributed by atoms with Gasteiger partial charge in [0.2, 0.25) is 5.88 Å². The molecule has 0 fully saturated rings. The number of carbonyl (C=O) groups is 1. The maximum atomic E-state index is 11.4. The van der Waals surface area contributed by atoms with Crippen LogP contribution in [0.4, 0.5) is 5.88 Å². The van der Waals surface area contributed by atoms with Gasteiger partial charge < -0.3 is 15.0 Å². The fraction of sp³-hybridized carbons (Fsp3) is 0.556. The van der Waals surface area contributed by atoms with Crippen LogP contribution in [0.25, 0.3) is 0 Å². The molecule has 1 heterocycles. The van der Waals surface area contributed by atoms with Crippen molar-refractivity contribution in [3.63, 3.8) is 0 Å².